The van der Waals surface area contributed by atoms with E-state index >= 15 is 0 Å². The first-order valence-electron chi connectivity index (χ1n) is 28.8. The van der Waals surface area contributed by atoms with E-state index < -0.39 is 60.4 Å². The molecule has 0 amide bonds. The minimum atomic E-state index is -0.573. The first-order valence-corrected chi connectivity index (χ1v) is 23.8. The number of para-hydroxylation sites is 4. The van der Waals surface area contributed by atoms with Crippen LogP contribution >= 0.6 is 0 Å². The van der Waals surface area contributed by atoms with Crippen LogP contribution in [-0.2, 0) is 37.3 Å². The van der Waals surface area contributed by atoms with Crippen LogP contribution in [-0.4, -0.2) is 19.1 Å². The summed E-state index contributed by atoms with van der Waals surface area (Å²) in [5.74, 6) is 0.766. The van der Waals surface area contributed by atoms with Gasteiger partial charge in [0.15, 0.2) is 0 Å². The van der Waals surface area contributed by atoms with Crippen molar-refractivity contribution in [1.82, 2.24) is 19.1 Å². The molecule has 0 aliphatic carbocycles. The molecule has 7 aromatic carbocycles. The third kappa shape index (κ3) is 8.87. The van der Waals surface area contributed by atoms with Crippen molar-refractivity contribution in [3.8, 4) is 39.4 Å². The van der Waals surface area contributed by atoms with Gasteiger partial charge in [-0.1, -0.05) is 200 Å². The summed E-state index contributed by atoms with van der Waals surface area (Å²) in [6.07, 6.45) is 5.40. The molecular weight excluding hydrogens is 1060 g/mol. The van der Waals surface area contributed by atoms with E-state index in [0.717, 1.165) is 50.3 Å². The largest absolute Gasteiger partial charge is 0.359 e. The average molecular weight is 1130 g/mol. The summed E-state index contributed by atoms with van der Waals surface area (Å²) in [7, 11) is 0. The average Bonchev–Trinajstić information content (AvgIpc) is 4.10. The zero-order chi connectivity index (χ0) is 57.9. The van der Waals surface area contributed by atoms with Gasteiger partial charge in [-0.15, -0.1) is 23.6 Å². The Balaban J connectivity index is 0.00000753. The maximum atomic E-state index is 9.17. The molecule has 11 rings (SSSR count). The third-order valence-corrected chi connectivity index (χ3v) is 12.9. The van der Waals surface area contributed by atoms with Crippen molar-refractivity contribution in [2.75, 3.05) is 4.90 Å². The minimum Gasteiger partial charge on any atom is -0.359 e. The molecule has 0 radical (unpaired) electrons. The molecule has 4 aromatic heterocycles. The van der Waals surface area contributed by atoms with Crippen LogP contribution in [0.4, 0.5) is 17.1 Å². The van der Waals surface area contributed by atoms with Crippen LogP contribution in [0.2, 0.25) is 0 Å². The number of anilines is 3. The molecule has 72 heavy (non-hydrogen) atoms. The Labute approximate surface area is 452 Å². The zero-order valence-electron chi connectivity index (χ0n) is 51.6. The van der Waals surface area contributed by atoms with Crippen molar-refractivity contribution in [1.29, 1.82) is 0 Å². The molecule has 0 N–H and O–H groups in total. The van der Waals surface area contributed by atoms with Crippen LogP contribution in [0.1, 0.15) is 93.0 Å². The molecule has 360 valence electrons. The van der Waals surface area contributed by atoms with Gasteiger partial charge in [-0.05, 0) is 74.6 Å². The van der Waals surface area contributed by atoms with E-state index in [1.807, 2.05) is 65.4 Å². The summed E-state index contributed by atoms with van der Waals surface area (Å²) in [4.78, 5) is 12.4. The first kappa shape index (κ1) is 37.4. The monoisotopic (exact) mass is 1130 g/mol. The Morgan fingerprint density at radius 3 is 1.81 bits per heavy atom. The van der Waals surface area contributed by atoms with Gasteiger partial charge < -0.3 is 14.0 Å². The standard InChI is InChI=1S/C65H58N6.Pt/c1-63(2,3)46-36-37-66-61(38-46)71-55-31-17-16-28-53(55)54-35-34-49(40-58(54)71)70(50-41-59(64(4,5)6)67-60(42-50)65(7,8)9)48-27-20-26-47(39-48)68-43-69(57-33-19-18-32-56(57)68)62-51(44-22-12-10-13-23-44)29-21-30-52(62)45-24-14-11-15-25-45;/h10-38,41-42H,1-9H3;/q-2;/i10D,11D,12D,13D,14D,15D,22D,23D,24D,25D;. The van der Waals surface area contributed by atoms with Gasteiger partial charge in [0, 0.05) is 60.7 Å². The Bertz CT molecular complexity index is 4220. The molecule has 0 fully saturated rings. The summed E-state index contributed by atoms with van der Waals surface area (Å²) in [5.41, 5.74) is 7.98. The Morgan fingerprint density at radius 2 is 1.17 bits per heavy atom. The van der Waals surface area contributed by atoms with Gasteiger partial charge in [-0.2, -0.15) is 24.3 Å². The fourth-order valence-corrected chi connectivity index (χ4v) is 9.15. The number of fused-ring (bicyclic) bond motifs is 4. The predicted octanol–water partition coefficient (Wildman–Crippen LogP) is 15.9. The topological polar surface area (TPSA) is 42.8 Å². The predicted molar refractivity (Wildman–Crippen MR) is 293 cm³/mol. The molecule has 6 nitrogen and oxygen atoms in total. The molecule has 0 saturated heterocycles. The summed E-state index contributed by atoms with van der Waals surface area (Å²) in [5, 5.41) is 2.05. The molecule has 4 heterocycles. The molecule has 11 aromatic rings. The van der Waals surface area contributed by atoms with Crippen LogP contribution in [0.3, 0.4) is 0 Å². The quantitative estimate of drug-likeness (QED) is 0.112. The maximum Gasteiger partial charge on any atom is 0.268 e. The van der Waals surface area contributed by atoms with Crippen LogP contribution in [0.5, 0.6) is 0 Å². The normalized spacial score (nSPS) is 14.1. The smallest absolute Gasteiger partial charge is 0.268 e. The van der Waals surface area contributed by atoms with Crippen molar-refractivity contribution in [2.24, 2.45) is 0 Å². The number of rotatable bonds is 8. The SMILES string of the molecule is [2H]c1c([2H])c([2H])c(-c2cccc(-c3c([2H])c([2H])c([2H])c([2H])c3[2H])c2-[n+]2[c-]n(-c3[c-]c(N(c4[c-]c5c(cc4)c4ccccc4n5-c4cc(C(C)(C)C)ccn4)c4cc(C(C)(C)C)nc(C(C)(C)C)c4)ccc3)c3ccccc32)c([2H])c1[2H].[Pt]. The van der Waals surface area contributed by atoms with Crippen molar-refractivity contribution >= 4 is 49.9 Å². The Kier molecular flexibility index (Phi) is 9.68. The van der Waals surface area contributed by atoms with E-state index in [0.29, 0.717) is 28.1 Å². The Hall–Kier alpha value is -7.40. The molecular formula is C65H58N6Pt-2. The van der Waals surface area contributed by atoms with Crippen molar-refractivity contribution in [3.05, 3.63) is 223 Å². The van der Waals surface area contributed by atoms with Crippen molar-refractivity contribution in [2.45, 2.75) is 78.6 Å². The second kappa shape index (κ2) is 18.6. The van der Waals surface area contributed by atoms with E-state index in [2.05, 4.69) is 139 Å². The number of nitrogens with zero attached hydrogens (tertiary/aromatic N) is 6. The van der Waals surface area contributed by atoms with Gasteiger partial charge in [0.05, 0.1) is 30.4 Å². The summed E-state index contributed by atoms with van der Waals surface area (Å²) >= 11 is 0. The number of imidazole rings is 1. The number of benzene rings is 7. The van der Waals surface area contributed by atoms with Gasteiger partial charge in [-0.3, -0.25) is 9.55 Å². The second-order valence-electron chi connectivity index (χ2n) is 20.9. The number of aromatic nitrogens is 5. The fourth-order valence-electron chi connectivity index (χ4n) is 9.15. The third-order valence-electron chi connectivity index (χ3n) is 12.9. The molecule has 0 aliphatic heterocycles. The van der Waals surface area contributed by atoms with Crippen LogP contribution < -0.4 is 9.47 Å². The minimum absolute atomic E-state index is 0. The van der Waals surface area contributed by atoms with Gasteiger partial charge in [0.1, 0.15) is 5.82 Å². The van der Waals surface area contributed by atoms with Gasteiger partial charge >= 0.3 is 0 Å². The summed E-state index contributed by atoms with van der Waals surface area (Å²) < 4.78 is 94.1. The summed E-state index contributed by atoms with van der Waals surface area (Å²) in [6, 6.07) is 41.5. The van der Waals surface area contributed by atoms with Crippen molar-refractivity contribution in [3.63, 3.8) is 0 Å². The van der Waals surface area contributed by atoms with Gasteiger partial charge in [-0.25, -0.2) is 4.98 Å². The maximum absolute atomic E-state index is 9.17. The summed E-state index contributed by atoms with van der Waals surface area (Å²) in [6.45, 7) is 19.5. The van der Waals surface area contributed by atoms with Crippen LogP contribution in [0, 0.1) is 18.5 Å². The van der Waals surface area contributed by atoms with Crippen molar-refractivity contribution < 1.29 is 39.3 Å². The van der Waals surface area contributed by atoms with Crippen LogP contribution in [0.15, 0.2) is 188 Å². The molecule has 0 saturated carbocycles. The van der Waals surface area contributed by atoms with Crippen LogP contribution in [0.25, 0.3) is 72.3 Å². The van der Waals surface area contributed by atoms with E-state index in [4.69, 9.17) is 18.2 Å². The fraction of sp³-hybridized carbons (Fsp3) is 0.185. The van der Waals surface area contributed by atoms with E-state index in [9.17, 15) is 5.48 Å². The molecule has 0 aliphatic rings. The Morgan fingerprint density at radius 1 is 0.569 bits per heavy atom. The zero-order valence-corrected chi connectivity index (χ0v) is 43.9. The van der Waals surface area contributed by atoms with E-state index in [-0.39, 0.29) is 65.3 Å². The molecule has 0 spiro atoms. The van der Waals surface area contributed by atoms with E-state index in [1.54, 1.807) is 22.8 Å². The number of pyridine rings is 2. The second-order valence-corrected chi connectivity index (χ2v) is 20.9. The first-order chi connectivity index (χ1) is 38.3. The number of hydrogen-bond donors (Lipinski definition) is 0. The van der Waals surface area contributed by atoms with E-state index in [1.165, 1.54) is 0 Å². The molecule has 0 bridgehead atoms. The van der Waals surface area contributed by atoms with Gasteiger partial charge in [0.25, 0.3) is 6.33 Å². The molecule has 7 heteroatoms. The number of hydrogen-bond acceptors (Lipinski definition) is 3. The molecule has 0 unspecified atom stereocenters. The molecule has 0 atom stereocenters. The van der Waals surface area contributed by atoms with Gasteiger partial charge in [0.2, 0.25) is 0 Å².